The van der Waals surface area contributed by atoms with Crippen LogP contribution in [0.25, 0.3) is 0 Å². The highest BCUT2D eigenvalue weighted by molar-refractivity contribution is 7.80. The molecule has 3 rings (SSSR count). The standard InChI is InChI=1S/C19H22N2S/c1-14-9-11-15(12-10-14)13-20-19(22)21-18-8-4-6-16-5-2-3-7-17(16)18/h2-3,5,7,9-12,18H,4,6,8,13H2,1H3,(H2,20,21,22)/i1T. The van der Waals surface area contributed by atoms with Crippen LogP contribution in [0.1, 0.15) is 42.5 Å². The van der Waals surface area contributed by atoms with Crippen molar-refractivity contribution in [1.82, 2.24) is 10.6 Å². The molecule has 1 aliphatic carbocycles. The first-order valence-electron chi connectivity index (χ1n) is 8.46. The number of nitrogens with one attached hydrogen (secondary N) is 2. The first-order valence-corrected chi connectivity index (χ1v) is 8.16. The second-order valence-corrected chi connectivity index (χ2v) is 6.20. The summed E-state index contributed by atoms with van der Waals surface area (Å²) in [4.78, 5) is 0. The number of fused-ring (bicyclic) bond motifs is 1. The van der Waals surface area contributed by atoms with E-state index < -0.39 is 0 Å². The third kappa shape index (κ3) is 3.66. The number of hydrogen-bond acceptors (Lipinski definition) is 1. The molecule has 2 nitrogen and oxygen atoms in total. The summed E-state index contributed by atoms with van der Waals surface area (Å²) in [5.41, 5.74) is 5.02. The van der Waals surface area contributed by atoms with Gasteiger partial charge in [0.15, 0.2) is 5.11 Å². The van der Waals surface area contributed by atoms with Crippen LogP contribution in [0, 0.1) is 6.90 Å². The quantitative estimate of drug-likeness (QED) is 0.837. The summed E-state index contributed by atoms with van der Waals surface area (Å²) in [5.74, 6) is 0. The summed E-state index contributed by atoms with van der Waals surface area (Å²) in [6.45, 7) is 1.03. The summed E-state index contributed by atoms with van der Waals surface area (Å²) < 4.78 is 7.34. The Balaban J connectivity index is 1.55. The Morgan fingerprint density at radius 3 is 2.86 bits per heavy atom. The maximum atomic E-state index is 7.34. The number of hydrogen-bond donors (Lipinski definition) is 2. The van der Waals surface area contributed by atoms with Crippen molar-refractivity contribution in [2.75, 3.05) is 0 Å². The Hall–Kier alpha value is -1.87. The summed E-state index contributed by atoms with van der Waals surface area (Å²) in [7, 11) is 0. The molecule has 0 saturated carbocycles. The van der Waals surface area contributed by atoms with Gasteiger partial charge in [-0.2, -0.15) is 0 Å². The summed E-state index contributed by atoms with van der Waals surface area (Å²) in [6.07, 6.45) is 3.49. The zero-order valence-electron chi connectivity index (χ0n) is 13.6. The number of aryl methyl sites for hydroxylation is 2. The van der Waals surface area contributed by atoms with E-state index in [0.717, 1.165) is 18.4 Å². The average molecular weight is 312 g/mol. The summed E-state index contributed by atoms with van der Waals surface area (Å²) in [6, 6.07) is 17.0. The molecule has 0 radical (unpaired) electrons. The van der Waals surface area contributed by atoms with E-state index in [9.17, 15) is 0 Å². The Kier molecular flexibility index (Phi) is 4.34. The highest BCUT2D eigenvalue weighted by Gasteiger charge is 2.19. The Labute approximate surface area is 139 Å². The van der Waals surface area contributed by atoms with Crippen molar-refractivity contribution in [1.29, 1.82) is 0 Å². The lowest BCUT2D eigenvalue weighted by Crippen LogP contribution is -2.38. The molecule has 1 unspecified atom stereocenters. The molecular formula is C19H22N2S. The van der Waals surface area contributed by atoms with Crippen LogP contribution in [0.2, 0.25) is 0 Å². The van der Waals surface area contributed by atoms with Gasteiger partial charge in [-0.15, -0.1) is 0 Å². The molecule has 0 fully saturated rings. The van der Waals surface area contributed by atoms with Crippen molar-refractivity contribution < 1.29 is 1.37 Å². The van der Waals surface area contributed by atoms with E-state index >= 15 is 0 Å². The minimum atomic E-state index is 0.311. The zero-order chi connectivity index (χ0) is 16.1. The van der Waals surface area contributed by atoms with Gasteiger partial charge in [0.25, 0.3) is 0 Å². The lowest BCUT2D eigenvalue weighted by atomic mass is 9.88. The lowest BCUT2D eigenvalue weighted by Gasteiger charge is -2.27. The fraction of sp³-hybridized carbons (Fsp3) is 0.316. The largest absolute Gasteiger partial charge is 0.359 e. The maximum Gasteiger partial charge on any atom is 0.167 e. The van der Waals surface area contributed by atoms with Crippen LogP contribution < -0.4 is 10.6 Å². The first kappa shape index (κ1) is 13.8. The molecule has 0 heterocycles. The predicted octanol–water partition coefficient (Wildman–Crippen LogP) is 4.04. The molecule has 3 heteroatoms. The third-order valence-electron chi connectivity index (χ3n) is 4.15. The van der Waals surface area contributed by atoms with Crippen LogP contribution in [0.5, 0.6) is 0 Å². The van der Waals surface area contributed by atoms with E-state index in [0.29, 0.717) is 24.6 Å². The monoisotopic (exact) mass is 312 g/mol. The van der Waals surface area contributed by atoms with Gasteiger partial charge in [0.1, 0.15) is 0 Å². The van der Waals surface area contributed by atoms with Gasteiger partial charge in [0.2, 0.25) is 0 Å². The van der Waals surface area contributed by atoms with Crippen LogP contribution in [-0.2, 0) is 13.0 Å². The molecule has 2 N–H and O–H groups in total. The fourth-order valence-electron chi connectivity index (χ4n) is 2.95. The molecule has 0 aromatic heterocycles. The van der Waals surface area contributed by atoms with Gasteiger partial charge in [0, 0.05) is 7.92 Å². The predicted molar refractivity (Wildman–Crippen MR) is 95.9 cm³/mol. The van der Waals surface area contributed by atoms with Crippen molar-refractivity contribution >= 4 is 17.3 Å². The second kappa shape index (κ2) is 6.93. The van der Waals surface area contributed by atoms with E-state index in [1.165, 1.54) is 23.1 Å². The van der Waals surface area contributed by atoms with Crippen LogP contribution in [-0.4, -0.2) is 5.11 Å². The SMILES string of the molecule is [3H]Cc1ccc(CNC(=S)NC2CCCc3ccccc32)cc1. The van der Waals surface area contributed by atoms with Crippen molar-refractivity contribution in [2.45, 2.75) is 38.7 Å². The van der Waals surface area contributed by atoms with Crippen molar-refractivity contribution in [3.63, 3.8) is 0 Å². The van der Waals surface area contributed by atoms with Crippen molar-refractivity contribution in [3.05, 3.63) is 70.8 Å². The zero-order valence-corrected chi connectivity index (χ0v) is 13.5. The minimum absolute atomic E-state index is 0.311. The highest BCUT2D eigenvalue weighted by Crippen LogP contribution is 2.29. The van der Waals surface area contributed by atoms with Crippen LogP contribution in [0.3, 0.4) is 0 Å². The molecule has 0 aliphatic heterocycles. The summed E-state index contributed by atoms with van der Waals surface area (Å²) in [5, 5.41) is 7.45. The molecule has 0 saturated heterocycles. The van der Waals surface area contributed by atoms with E-state index in [1.54, 1.807) is 0 Å². The van der Waals surface area contributed by atoms with Crippen molar-refractivity contribution in [2.24, 2.45) is 0 Å². The van der Waals surface area contributed by atoms with Gasteiger partial charge in [-0.3, -0.25) is 0 Å². The number of thiocarbonyl (C=S) groups is 1. The molecule has 0 amide bonds. The topological polar surface area (TPSA) is 24.1 Å². The molecule has 0 spiro atoms. The molecule has 2 aromatic rings. The minimum Gasteiger partial charge on any atom is -0.359 e. The van der Waals surface area contributed by atoms with E-state index in [4.69, 9.17) is 13.6 Å². The van der Waals surface area contributed by atoms with Gasteiger partial charge >= 0.3 is 0 Å². The smallest absolute Gasteiger partial charge is 0.167 e. The molecule has 1 atom stereocenters. The van der Waals surface area contributed by atoms with Gasteiger partial charge in [-0.05, 0) is 55.1 Å². The van der Waals surface area contributed by atoms with Gasteiger partial charge in [0.05, 0.1) is 6.04 Å². The Morgan fingerprint density at radius 1 is 1.23 bits per heavy atom. The van der Waals surface area contributed by atoms with Gasteiger partial charge < -0.3 is 10.6 Å². The Morgan fingerprint density at radius 2 is 2.05 bits per heavy atom. The average Bonchev–Trinajstić information content (AvgIpc) is 2.61. The van der Waals surface area contributed by atoms with E-state index in [-0.39, 0.29) is 0 Å². The highest BCUT2D eigenvalue weighted by atomic mass is 32.1. The van der Waals surface area contributed by atoms with E-state index in [1.807, 2.05) is 12.1 Å². The van der Waals surface area contributed by atoms with Gasteiger partial charge in [-0.25, -0.2) is 0 Å². The fourth-order valence-corrected chi connectivity index (χ4v) is 3.17. The number of benzene rings is 2. The lowest BCUT2D eigenvalue weighted by molar-refractivity contribution is 0.523. The first-order chi connectivity index (χ1) is 11.3. The molecule has 2 aromatic carbocycles. The molecule has 114 valence electrons. The second-order valence-electron chi connectivity index (χ2n) is 5.79. The van der Waals surface area contributed by atoms with Crippen LogP contribution >= 0.6 is 12.2 Å². The third-order valence-corrected chi connectivity index (χ3v) is 4.41. The van der Waals surface area contributed by atoms with Crippen LogP contribution in [0.15, 0.2) is 48.5 Å². The molecular weight excluding hydrogens is 288 g/mol. The van der Waals surface area contributed by atoms with Crippen LogP contribution in [0.4, 0.5) is 0 Å². The molecule has 22 heavy (non-hydrogen) atoms. The van der Waals surface area contributed by atoms with Gasteiger partial charge in [-0.1, -0.05) is 54.1 Å². The molecule has 1 aliphatic rings. The summed E-state index contributed by atoms with van der Waals surface area (Å²) >= 11 is 5.46. The van der Waals surface area contributed by atoms with E-state index in [2.05, 4.69) is 47.0 Å². The maximum absolute atomic E-state index is 7.34. The Bertz CT molecular complexity index is 669. The number of rotatable bonds is 3. The van der Waals surface area contributed by atoms with Crippen molar-refractivity contribution in [3.8, 4) is 0 Å². The normalized spacial score (nSPS) is 17.3. The molecule has 0 bridgehead atoms.